The first-order chi connectivity index (χ1) is 15.5. The molecule has 1 aliphatic rings. The van der Waals surface area contributed by atoms with Gasteiger partial charge >= 0.3 is 6.03 Å². The van der Waals surface area contributed by atoms with Gasteiger partial charge in [0.15, 0.2) is 5.54 Å². The maximum absolute atomic E-state index is 13.7. The SMILES string of the molecule is CCOc1ccc(CN(C)CN2C(=O)NC(c3ccccc3)(c3ccccc3)C2=O)cc1. The quantitative estimate of drug-likeness (QED) is 0.551. The summed E-state index contributed by atoms with van der Waals surface area (Å²) in [4.78, 5) is 30.0. The van der Waals surface area contributed by atoms with E-state index in [2.05, 4.69) is 5.32 Å². The molecular formula is C26H27N3O3. The van der Waals surface area contributed by atoms with Gasteiger partial charge in [-0.1, -0.05) is 72.8 Å². The summed E-state index contributed by atoms with van der Waals surface area (Å²) in [6.45, 7) is 3.34. The first-order valence-corrected chi connectivity index (χ1v) is 10.7. The van der Waals surface area contributed by atoms with Crippen LogP contribution >= 0.6 is 0 Å². The second-order valence-electron chi connectivity index (χ2n) is 7.88. The molecule has 1 fully saturated rings. The fourth-order valence-corrected chi connectivity index (χ4v) is 4.10. The molecule has 0 aliphatic carbocycles. The minimum atomic E-state index is -1.24. The van der Waals surface area contributed by atoms with Crippen LogP contribution in [-0.2, 0) is 16.9 Å². The molecule has 0 spiro atoms. The van der Waals surface area contributed by atoms with E-state index in [-0.39, 0.29) is 12.6 Å². The van der Waals surface area contributed by atoms with Crippen molar-refractivity contribution in [3.63, 3.8) is 0 Å². The van der Waals surface area contributed by atoms with Crippen LogP contribution < -0.4 is 10.1 Å². The topological polar surface area (TPSA) is 61.9 Å². The number of nitrogens with zero attached hydrogens (tertiary/aromatic N) is 2. The number of hydrogen-bond acceptors (Lipinski definition) is 4. The average Bonchev–Trinajstić information content (AvgIpc) is 3.07. The summed E-state index contributed by atoms with van der Waals surface area (Å²) in [7, 11) is 1.89. The van der Waals surface area contributed by atoms with Gasteiger partial charge in [-0.3, -0.25) is 9.69 Å². The lowest BCUT2D eigenvalue weighted by Gasteiger charge is -2.28. The Balaban J connectivity index is 1.57. The third kappa shape index (κ3) is 4.09. The third-order valence-corrected chi connectivity index (χ3v) is 5.59. The highest BCUT2D eigenvalue weighted by Gasteiger charge is 2.53. The lowest BCUT2D eigenvalue weighted by Crippen LogP contribution is -2.46. The molecule has 164 valence electrons. The Morgan fingerprint density at radius 1 is 0.875 bits per heavy atom. The molecular weight excluding hydrogens is 402 g/mol. The molecule has 0 bridgehead atoms. The summed E-state index contributed by atoms with van der Waals surface area (Å²) >= 11 is 0. The Kier molecular flexibility index (Phi) is 6.23. The molecule has 1 N–H and O–H groups in total. The van der Waals surface area contributed by atoms with Gasteiger partial charge in [0, 0.05) is 6.54 Å². The lowest BCUT2D eigenvalue weighted by molar-refractivity contribution is -0.131. The molecule has 1 aliphatic heterocycles. The number of urea groups is 1. The van der Waals surface area contributed by atoms with Gasteiger partial charge in [0.1, 0.15) is 5.75 Å². The summed E-state index contributed by atoms with van der Waals surface area (Å²) in [6.07, 6.45) is 0. The molecule has 0 aromatic heterocycles. The molecule has 32 heavy (non-hydrogen) atoms. The highest BCUT2D eigenvalue weighted by atomic mass is 16.5. The van der Waals surface area contributed by atoms with Gasteiger partial charge < -0.3 is 10.1 Å². The van der Waals surface area contributed by atoms with Crippen molar-refractivity contribution in [1.82, 2.24) is 15.1 Å². The number of amides is 3. The van der Waals surface area contributed by atoms with Crippen LogP contribution in [0.2, 0.25) is 0 Å². The summed E-state index contributed by atoms with van der Waals surface area (Å²) in [6, 6.07) is 26.2. The molecule has 0 unspecified atom stereocenters. The number of nitrogens with one attached hydrogen (secondary N) is 1. The van der Waals surface area contributed by atoms with Crippen molar-refractivity contribution in [2.75, 3.05) is 20.3 Å². The van der Waals surface area contributed by atoms with Crippen molar-refractivity contribution in [2.45, 2.75) is 19.0 Å². The molecule has 0 radical (unpaired) electrons. The van der Waals surface area contributed by atoms with Crippen LogP contribution in [0.3, 0.4) is 0 Å². The van der Waals surface area contributed by atoms with Gasteiger partial charge in [-0.05, 0) is 42.8 Å². The van der Waals surface area contributed by atoms with Crippen LogP contribution in [0, 0.1) is 0 Å². The molecule has 3 aromatic carbocycles. The second-order valence-corrected chi connectivity index (χ2v) is 7.88. The molecule has 6 heteroatoms. The zero-order valence-corrected chi connectivity index (χ0v) is 18.3. The van der Waals surface area contributed by atoms with Crippen molar-refractivity contribution in [1.29, 1.82) is 0 Å². The maximum Gasteiger partial charge on any atom is 0.326 e. The highest BCUT2D eigenvalue weighted by molar-refractivity contribution is 6.09. The summed E-state index contributed by atoms with van der Waals surface area (Å²) in [5.41, 5.74) is 1.31. The largest absolute Gasteiger partial charge is 0.494 e. The number of imide groups is 1. The van der Waals surface area contributed by atoms with E-state index in [1.54, 1.807) is 0 Å². The molecule has 3 aromatic rings. The first kappa shape index (κ1) is 21.6. The van der Waals surface area contributed by atoms with Gasteiger partial charge in [0.2, 0.25) is 0 Å². The molecule has 0 atom stereocenters. The summed E-state index contributed by atoms with van der Waals surface area (Å²) in [5.74, 6) is 0.543. The minimum absolute atomic E-state index is 0.180. The Labute approximate surface area is 188 Å². The van der Waals surface area contributed by atoms with Crippen molar-refractivity contribution in [3.8, 4) is 5.75 Å². The van der Waals surface area contributed by atoms with E-state index in [1.807, 2.05) is 104 Å². The number of carbonyl (C=O) groups is 2. The van der Waals surface area contributed by atoms with Crippen LogP contribution in [0.1, 0.15) is 23.6 Å². The van der Waals surface area contributed by atoms with E-state index >= 15 is 0 Å². The van der Waals surface area contributed by atoms with Gasteiger partial charge in [0.25, 0.3) is 5.91 Å². The fraction of sp³-hybridized carbons (Fsp3) is 0.231. The van der Waals surface area contributed by atoms with Crippen molar-refractivity contribution >= 4 is 11.9 Å². The molecule has 1 heterocycles. The highest BCUT2D eigenvalue weighted by Crippen LogP contribution is 2.36. The average molecular weight is 430 g/mol. The fourth-order valence-electron chi connectivity index (χ4n) is 4.10. The molecule has 1 saturated heterocycles. The zero-order valence-electron chi connectivity index (χ0n) is 18.3. The van der Waals surface area contributed by atoms with E-state index in [9.17, 15) is 9.59 Å². The van der Waals surface area contributed by atoms with E-state index in [1.165, 1.54) is 4.90 Å². The van der Waals surface area contributed by atoms with Gasteiger partial charge in [-0.2, -0.15) is 0 Å². The van der Waals surface area contributed by atoms with Gasteiger partial charge in [-0.25, -0.2) is 9.69 Å². The Hall–Kier alpha value is -3.64. The monoisotopic (exact) mass is 429 g/mol. The van der Waals surface area contributed by atoms with Crippen LogP contribution in [0.5, 0.6) is 5.75 Å². The van der Waals surface area contributed by atoms with E-state index in [4.69, 9.17) is 4.74 Å². The third-order valence-electron chi connectivity index (χ3n) is 5.59. The number of rotatable bonds is 8. The lowest BCUT2D eigenvalue weighted by atomic mass is 9.83. The molecule has 6 nitrogen and oxygen atoms in total. The van der Waals surface area contributed by atoms with E-state index in [0.717, 1.165) is 22.4 Å². The molecule has 0 saturated carbocycles. The summed E-state index contributed by atoms with van der Waals surface area (Å²) in [5, 5.41) is 2.98. The van der Waals surface area contributed by atoms with Crippen molar-refractivity contribution in [3.05, 3.63) is 102 Å². The number of benzene rings is 3. The number of carbonyl (C=O) groups excluding carboxylic acids is 2. The van der Waals surface area contributed by atoms with Crippen molar-refractivity contribution < 1.29 is 14.3 Å². The van der Waals surface area contributed by atoms with Crippen LogP contribution in [0.25, 0.3) is 0 Å². The summed E-state index contributed by atoms with van der Waals surface area (Å²) < 4.78 is 5.49. The maximum atomic E-state index is 13.7. The van der Waals surface area contributed by atoms with Crippen molar-refractivity contribution in [2.24, 2.45) is 0 Å². The van der Waals surface area contributed by atoms with Crippen LogP contribution in [0.4, 0.5) is 4.79 Å². The van der Waals surface area contributed by atoms with Gasteiger partial charge in [0.05, 0.1) is 13.3 Å². The molecule has 3 amide bonds. The van der Waals surface area contributed by atoms with E-state index in [0.29, 0.717) is 13.2 Å². The normalized spacial score (nSPS) is 15.2. The minimum Gasteiger partial charge on any atom is -0.494 e. The van der Waals surface area contributed by atoms with Crippen LogP contribution in [-0.4, -0.2) is 42.1 Å². The number of hydrogen-bond donors (Lipinski definition) is 1. The Morgan fingerprint density at radius 3 is 1.97 bits per heavy atom. The Bertz CT molecular complexity index is 1030. The predicted octanol–water partition coefficient (Wildman–Crippen LogP) is 3.97. The first-order valence-electron chi connectivity index (χ1n) is 10.7. The molecule has 4 rings (SSSR count). The zero-order chi connectivity index (χ0) is 22.6. The smallest absolute Gasteiger partial charge is 0.326 e. The second kappa shape index (κ2) is 9.24. The number of ether oxygens (including phenoxy) is 1. The Morgan fingerprint density at radius 2 is 1.44 bits per heavy atom. The van der Waals surface area contributed by atoms with E-state index < -0.39 is 11.6 Å². The standard InChI is InChI=1S/C26H27N3O3/c1-3-32-23-16-14-20(15-17-23)18-28(2)19-29-24(30)26(27-25(29)31,21-10-6-4-7-11-21)22-12-8-5-9-13-22/h4-17H,3,18-19H2,1-2H3,(H,27,31). The van der Waals surface area contributed by atoms with Crippen LogP contribution in [0.15, 0.2) is 84.9 Å². The van der Waals surface area contributed by atoms with Gasteiger partial charge in [-0.15, -0.1) is 0 Å². The predicted molar refractivity (Wildman–Crippen MR) is 123 cm³/mol.